The predicted octanol–water partition coefficient (Wildman–Crippen LogP) is 2.83. The van der Waals surface area contributed by atoms with Crippen LogP contribution in [0, 0.1) is 5.82 Å². The Balaban J connectivity index is 2.40. The van der Waals surface area contributed by atoms with Crippen molar-refractivity contribution in [2.45, 2.75) is 19.4 Å². The third kappa shape index (κ3) is 2.53. The smallest absolute Gasteiger partial charge is 0.258 e. The number of rotatable bonds is 2. The minimum atomic E-state index is -0.668. The molecule has 17 heavy (non-hydrogen) atoms. The van der Waals surface area contributed by atoms with Gasteiger partial charge in [-0.15, -0.1) is 0 Å². The number of benzene rings is 1. The molecule has 0 saturated carbocycles. The molecule has 0 aliphatic rings. The van der Waals surface area contributed by atoms with Gasteiger partial charge in [-0.25, -0.2) is 4.39 Å². The number of hydrogen-bond donors (Lipinski definition) is 1. The van der Waals surface area contributed by atoms with Gasteiger partial charge in [-0.1, -0.05) is 5.16 Å². The first kappa shape index (κ1) is 12.2. The highest BCUT2D eigenvalue weighted by Crippen LogP contribution is 2.25. The number of aromatic nitrogens is 2. The van der Waals surface area contributed by atoms with Crippen molar-refractivity contribution < 1.29 is 8.91 Å². The number of halogens is 2. The average molecular weight is 300 g/mol. The van der Waals surface area contributed by atoms with Gasteiger partial charge in [0.15, 0.2) is 5.82 Å². The van der Waals surface area contributed by atoms with Crippen LogP contribution in [0.15, 0.2) is 27.2 Å². The van der Waals surface area contributed by atoms with Crippen molar-refractivity contribution in [3.63, 3.8) is 0 Å². The molecule has 0 spiro atoms. The summed E-state index contributed by atoms with van der Waals surface area (Å²) in [6, 6.07) is 4.48. The minimum Gasteiger partial charge on any atom is -0.334 e. The van der Waals surface area contributed by atoms with Crippen molar-refractivity contribution in [2.75, 3.05) is 0 Å². The van der Waals surface area contributed by atoms with Crippen LogP contribution in [0.3, 0.4) is 0 Å². The lowest BCUT2D eigenvalue weighted by molar-refractivity contribution is 0.397. The van der Waals surface area contributed by atoms with E-state index in [1.54, 1.807) is 26.0 Å². The van der Waals surface area contributed by atoms with Crippen LogP contribution in [-0.4, -0.2) is 10.1 Å². The highest BCUT2D eigenvalue weighted by molar-refractivity contribution is 9.10. The molecule has 1 aromatic heterocycles. The lowest BCUT2D eigenvalue weighted by Gasteiger charge is -2.11. The molecule has 0 aliphatic carbocycles. The van der Waals surface area contributed by atoms with E-state index in [1.807, 2.05) is 0 Å². The summed E-state index contributed by atoms with van der Waals surface area (Å²) in [5, 5.41) is 3.80. The summed E-state index contributed by atoms with van der Waals surface area (Å²) in [5.74, 6) is 0.389. The van der Waals surface area contributed by atoms with Gasteiger partial charge in [-0.2, -0.15) is 4.98 Å². The first-order chi connectivity index (χ1) is 7.88. The van der Waals surface area contributed by atoms with Gasteiger partial charge in [0.1, 0.15) is 5.82 Å². The Hall–Kier alpha value is -1.27. The van der Waals surface area contributed by atoms with E-state index in [2.05, 4.69) is 26.1 Å². The zero-order chi connectivity index (χ0) is 12.6. The van der Waals surface area contributed by atoms with Crippen LogP contribution < -0.4 is 5.73 Å². The first-order valence-electron chi connectivity index (χ1n) is 4.96. The molecule has 2 rings (SSSR count). The van der Waals surface area contributed by atoms with Gasteiger partial charge in [0.2, 0.25) is 0 Å². The lowest BCUT2D eigenvalue weighted by Crippen LogP contribution is -2.30. The van der Waals surface area contributed by atoms with Crippen molar-refractivity contribution in [1.82, 2.24) is 10.1 Å². The summed E-state index contributed by atoms with van der Waals surface area (Å²) >= 11 is 3.10. The van der Waals surface area contributed by atoms with Crippen molar-refractivity contribution in [3.05, 3.63) is 34.3 Å². The quantitative estimate of drug-likeness (QED) is 0.926. The van der Waals surface area contributed by atoms with Gasteiger partial charge in [0.25, 0.3) is 5.89 Å². The Labute approximate surface area is 106 Å². The van der Waals surface area contributed by atoms with Crippen LogP contribution >= 0.6 is 15.9 Å². The predicted molar refractivity (Wildman–Crippen MR) is 64.6 cm³/mol. The zero-order valence-corrected chi connectivity index (χ0v) is 11.0. The van der Waals surface area contributed by atoms with Crippen molar-refractivity contribution >= 4 is 15.9 Å². The third-order valence-electron chi connectivity index (χ3n) is 2.17. The third-order valence-corrected chi connectivity index (χ3v) is 2.78. The molecule has 2 aromatic rings. The topological polar surface area (TPSA) is 64.9 Å². The molecule has 0 atom stereocenters. The molecule has 0 unspecified atom stereocenters. The molecule has 0 aliphatic heterocycles. The SMILES string of the molecule is CC(C)(N)c1noc(-c2ccc(F)c(Br)c2)n1. The Morgan fingerprint density at radius 2 is 2.12 bits per heavy atom. The Morgan fingerprint density at radius 3 is 2.65 bits per heavy atom. The Bertz CT molecular complexity index is 548. The van der Waals surface area contributed by atoms with Crippen molar-refractivity contribution in [3.8, 4) is 11.5 Å². The molecular formula is C11H11BrFN3O. The van der Waals surface area contributed by atoms with E-state index in [4.69, 9.17) is 10.3 Å². The highest BCUT2D eigenvalue weighted by atomic mass is 79.9. The molecule has 4 nitrogen and oxygen atoms in total. The average Bonchev–Trinajstić information content (AvgIpc) is 2.70. The maximum absolute atomic E-state index is 13.1. The monoisotopic (exact) mass is 299 g/mol. The fourth-order valence-corrected chi connectivity index (χ4v) is 1.61. The van der Waals surface area contributed by atoms with E-state index in [-0.39, 0.29) is 5.82 Å². The largest absolute Gasteiger partial charge is 0.334 e. The summed E-state index contributed by atoms with van der Waals surface area (Å²) in [4.78, 5) is 4.18. The normalized spacial score (nSPS) is 11.8. The molecule has 0 saturated heterocycles. The Morgan fingerprint density at radius 1 is 1.41 bits per heavy atom. The molecule has 0 amide bonds. The molecule has 6 heteroatoms. The van der Waals surface area contributed by atoms with E-state index in [1.165, 1.54) is 6.07 Å². The van der Waals surface area contributed by atoms with Crippen molar-refractivity contribution in [2.24, 2.45) is 5.73 Å². The van der Waals surface area contributed by atoms with E-state index < -0.39 is 5.54 Å². The zero-order valence-electron chi connectivity index (χ0n) is 9.37. The lowest BCUT2D eigenvalue weighted by atomic mass is 10.1. The maximum atomic E-state index is 13.1. The summed E-state index contributed by atoms with van der Waals surface area (Å²) in [7, 11) is 0. The number of nitrogens with zero attached hydrogens (tertiary/aromatic N) is 2. The maximum Gasteiger partial charge on any atom is 0.258 e. The van der Waals surface area contributed by atoms with Crippen molar-refractivity contribution in [1.29, 1.82) is 0 Å². The minimum absolute atomic E-state index is 0.319. The van der Waals surface area contributed by atoms with E-state index in [0.29, 0.717) is 21.8 Å². The molecule has 1 heterocycles. The second-order valence-corrected chi connectivity index (χ2v) is 5.13. The summed E-state index contributed by atoms with van der Waals surface area (Å²) in [5.41, 5.74) is 5.82. The van der Waals surface area contributed by atoms with Crippen LogP contribution in [0.2, 0.25) is 0 Å². The van der Waals surface area contributed by atoms with Gasteiger partial charge in [-0.3, -0.25) is 0 Å². The van der Waals surface area contributed by atoms with Crippen LogP contribution in [0.25, 0.3) is 11.5 Å². The second kappa shape index (κ2) is 4.19. The first-order valence-corrected chi connectivity index (χ1v) is 5.76. The summed E-state index contributed by atoms with van der Waals surface area (Å²) in [6.45, 7) is 3.56. The summed E-state index contributed by atoms with van der Waals surface area (Å²) in [6.07, 6.45) is 0. The molecule has 2 N–H and O–H groups in total. The van der Waals surface area contributed by atoms with Gasteiger partial charge in [0.05, 0.1) is 10.0 Å². The standard InChI is InChI=1S/C11H11BrFN3O/c1-11(2,14)10-15-9(17-16-10)6-3-4-8(13)7(12)5-6/h3-5H,14H2,1-2H3. The molecule has 90 valence electrons. The van der Waals surface area contributed by atoms with Crippen LogP contribution in [-0.2, 0) is 5.54 Å². The van der Waals surface area contributed by atoms with E-state index >= 15 is 0 Å². The summed E-state index contributed by atoms with van der Waals surface area (Å²) < 4.78 is 18.5. The van der Waals surface area contributed by atoms with Gasteiger partial charge in [0, 0.05) is 5.56 Å². The second-order valence-electron chi connectivity index (χ2n) is 4.27. The molecule has 0 fully saturated rings. The number of nitrogens with two attached hydrogens (primary N) is 1. The van der Waals surface area contributed by atoms with Gasteiger partial charge < -0.3 is 10.3 Å². The Kier molecular flexibility index (Phi) is 3.01. The van der Waals surface area contributed by atoms with E-state index in [9.17, 15) is 4.39 Å². The molecule has 0 bridgehead atoms. The fraction of sp³-hybridized carbons (Fsp3) is 0.273. The van der Waals surface area contributed by atoms with Crippen LogP contribution in [0.5, 0.6) is 0 Å². The highest BCUT2D eigenvalue weighted by Gasteiger charge is 2.22. The van der Waals surface area contributed by atoms with E-state index in [0.717, 1.165) is 0 Å². The van der Waals surface area contributed by atoms with Crippen LogP contribution in [0.4, 0.5) is 4.39 Å². The molecule has 0 radical (unpaired) electrons. The molecular weight excluding hydrogens is 289 g/mol. The fourth-order valence-electron chi connectivity index (χ4n) is 1.23. The number of hydrogen-bond acceptors (Lipinski definition) is 4. The van der Waals surface area contributed by atoms with Gasteiger partial charge >= 0.3 is 0 Å². The van der Waals surface area contributed by atoms with Gasteiger partial charge in [-0.05, 0) is 48.0 Å². The van der Waals surface area contributed by atoms with Crippen LogP contribution in [0.1, 0.15) is 19.7 Å². The molecule has 1 aromatic carbocycles.